The lowest BCUT2D eigenvalue weighted by Gasteiger charge is -2.28. The smallest absolute Gasteiger partial charge is 0.306 e. The van der Waals surface area contributed by atoms with Crippen molar-refractivity contribution in [3.8, 4) is 0 Å². The van der Waals surface area contributed by atoms with Crippen molar-refractivity contribution in [2.24, 2.45) is 0 Å². The third kappa shape index (κ3) is 64.4. The highest BCUT2D eigenvalue weighted by Crippen LogP contribution is 2.38. The Hall–Kier alpha value is -2.81. The van der Waals surface area contributed by atoms with E-state index in [9.17, 15) is 19.0 Å². The Bertz CT molecular complexity index is 1630. The third-order valence-electron chi connectivity index (χ3n) is 14.4. The van der Waals surface area contributed by atoms with E-state index in [4.69, 9.17) is 18.5 Å². The third-order valence-corrected chi connectivity index (χ3v) is 15.4. The molecule has 0 aliphatic heterocycles. The van der Waals surface area contributed by atoms with Crippen LogP contribution in [0.2, 0.25) is 0 Å². The van der Waals surface area contributed by atoms with Crippen molar-refractivity contribution in [2.45, 2.75) is 302 Å². The number of allylic oxidation sites excluding steroid dienone is 14. The van der Waals surface area contributed by atoms with Gasteiger partial charge in [-0.15, -0.1) is 0 Å². The standard InChI is InChI=1S/C70H126NO8P/c1-6-8-10-12-14-16-18-20-22-24-26-27-28-29-30-31-32-33-34-35-36-37-38-39-40-41-42-43-45-46-48-50-52-54-56-58-60-62-69(72)76-66-68(67-78-80(74,75)77-65-64-71(3,4)5)79-70(73)63-61-59-57-55-53-51-49-47-44-25-23-21-19-17-15-13-11-9-7-2/h9,11,15,17-18,20-21,23-24,26,28-29,44,47,68H,6-8,10,12-14,16,19,22,25,27,30-43,45-46,48-67H2,1-5H3/b11-9-,17-15-,20-18-,23-21-,26-24-,29-28-,47-44-. The van der Waals surface area contributed by atoms with Gasteiger partial charge < -0.3 is 27.9 Å². The lowest BCUT2D eigenvalue weighted by Crippen LogP contribution is -2.37. The van der Waals surface area contributed by atoms with E-state index in [0.29, 0.717) is 17.4 Å². The summed E-state index contributed by atoms with van der Waals surface area (Å²) in [5, 5.41) is 0. The van der Waals surface area contributed by atoms with Gasteiger partial charge >= 0.3 is 11.9 Å². The van der Waals surface area contributed by atoms with Crippen LogP contribution in [-0.4, -0.2) is 70.0 Å². The predicted octanol–water partition coefficient (Wildman–Crippen LogP) is 20.7. The summed E-state index contributed by atoms with van der Waals surface area (Å²) in [6.45, 7) is 4.12. The molecule has 0 rings (SSSR count). The molecule has 464 valence electrons. The molecule has 2 atom stereocenters. The van der Waals surface area contributed by atoms with Gasteiger partial charge in [0, 0.05) is 12.8 Å². The minimum atomic E-state index is -4.65. The van der Waals surface area contributed by atoms with Crippen molar-refractivity contribution >= 4 is 19.8 Å². The number of likely N-dealkylation sites (N-methyl/N-ethyl adjacent to an activating group) is 1. The summed E-state index contributed by atoms with van der Waals surface area (Å²) >= 11 is 0. The number of quaternary nitrogens is 1. The van der Waals surface area contributed by atoms with Crippen LogP contribution in [0, 0.1) is 0 Å². The van der Waals surface area contributed by atoms with Gasteiger partial charge in [0.15, 0.2) is 6.10 Å². The number of phosphoric acid groups is 1. The van der Waals surface area contributed by atoms with Gasteiger partial charge in [-0.1, -0.05) is 279 Å². The summed E-state index contributed by atoms with van der Waals surface area (Å²) in [6.07, 6.45) is 82.4. The van der Waals surface area contributed by atoms with E-state index in [1.54, 1.807) is 0 Å². The molecular formula is C70H126NO8P. The fourth-order valence-electron chi connectivity index (χ4n) is 9.30. The maximum absolute atomic E-state index is 12.8. The van der Waals surface area contributed by atoms with E-state index in [1.165, 1.54) is 167 Å². The molecule has 80 heavy (non-hydrogen) atoms. The monoisotopic (exact) mass is 1140 g/mol. The zero-order chi connectivity index (χ0) is 58.4. The summed E-state index contributed by atoms with van der Waals surface area (Å²) < 4.78 is 34.2. The topological polar surface area (TPSA) is 111 Å². The van der Waals surface area contributed by atoms with Gasteiger partial charge in [0.2, 0.25) is 0 Å². The fourth-order valence-corrected chi connectivity index (χ4v) is 10.0. The lowest BCUT2D eigenvalue weighted by atomic mass is 10.0. The van der Waals surface area contributed by atoms with E-state index in [2.05, 4.69) is 98.9 Å². The molecule has 9 nitrogen and oxygen atoms in total. The molecule has 0 saturated heterocycles. The summed E-state index contributed by atoms with van der Waals surface area (Å²) in [5.74, 6) is -0.843. The summed E-state index contributed by atoms with van der Waals surface area (Å²) in [4.78, 5) is 37.9. The van der Waals surface area contributed by atoms with Crippen molar-refractivity contribution in [1.29, 1.82) is 0 Å². The molecule has 0 aliphatic rings. The van der Waals surface area contributed by atoms with Crippen LogP contribution >= 0.6 is 7.82 Å². The molecule has 2 unspecified atom stereocenters. The van der Waals surface area contributed by atoms with Gasteiger partial charge in [0.25, 0.3) is 7.82 Å². The minimum absolute atomic E-state index is 0.0360. The second-order valence-electron chi connectivity index (χ2n) is 23.5. The number of esters is 2. The number of carbonyl (C=O) groups excluding carboxylic acids is 2. The summed E-state index contributed by atoms with van der Waals surface area (Å²) in [6, 6.07) is 0. The maximum Gasteiger partial charge on any atom is 0.306 e. The second kappa shape index (κ2) is 60.8. The predicted molar refractivity (Wildman–Crippen MR) is 342 cm³/mol. The van der Waals surface area contributed by atoms with E-state index >= 15 is 0 Å². The molecule has 0 aromatic carbocycles. The van der Waals surface area contributed by atoms with Crippen LogP contribution in [0.25, 0.3) is 0 Å². The minimum Gasteiger partial charge on any atom is -0.756 e. The highest BCUT2D eigenvalue weighted by atomic mass is 31.2. The van der Waals surface area contributed by atoms with Crippen LogP contribution in [0.5, 0.6) is 0 Å². The second-order valence-corrected chi connectivity index (χ2v) is 24.9. The highest BCUT2D eigenvalue weighted by Gasteiger charge is 2.22. The zero-order valence-corrected chi connectivity index (χ0v) is 53.7. The molecule has 0 aromatic rings. The number of phosphoric ester groups is 1. The van der Waals surface area contributed by atoms with Crippen molar-refractivity contribution in [3.05, 3.63) is 85.1 Å². The van der Waals surface area contributed by atoms with Gasteiger partial charge in [-0.3, -0.25) is 14.2 Å². The average Bonchev–Trinajstić information content (AvgIpc) is 3.42. The first-order valence-corrected chi connectivity index (χ1v) is 34.8. The molecule has 0 fully saturated rings. The Labute approximate surface area is 494 Å². The van der Waals surface area contributed by atoms with Crippen LogP contribution in [-0.2, 0) is 32.7 Å². The lowest BCUT2D eigenvalue weighted by molar-refractivity contribution is -0.870. The number of hydrogen-bond acceptors (Lipinski definition) is 8. The number of ether oxygens (including phenoxy) is 2. The molecule has 0 aromatic heterocycles. The van der Waals surface area contributed by atoms with Gasteiger partial charge in [0.1, 0.15) is 19.8 Å². The first-order valence-electron chi connectivity index (χ1n) is 33.3. The SMILES string of the molecule is CC/C=C\C/C=C\C/C=C\C/C=C\CCCCCCCCC(=O)OC(COC(=O)CCCCCCCCCCCCCCCCCCCCCCCC/C=C\C/C=C\C/C=C\CCCCCCC)COP(=O)([O-])OCC[N+](C)(C)C. The highest BCUT2D eigenvalue weighted by molar-refractivity contribution is 7.45. The Morgan fingerprint density at radius 3 is 1.06 bits per heavy atom. The summed E-state index contributed by atoms with van der Waals surface area (Å²) in [5.41, 5.74) is 0. The molecule has 10 heteroatoms. The Balaban J connectivity index is 3.98. The van der Waals surface area contributed by atoms with Crippen LogP contribution in [0.4, 0.5) is 0 Å². The Kier molecular flexibility index (Phi) is 58.6. The van der Waals surface area contributed by atoms with Gasteiger partial charge in [-0.05, 0) is 89.9 Å². The molecule has 0 saturated carbocycles. The van der Waals surface area contributed by atoms with Crippen molar-refractivity contribution in [3.63, 3.8) is 0 Å². The van der Waals surface area contributed by atoms with Crippen molar-refractivity contribution in [2.75, 3.05) is 47.5 Å². The normalized spacial score (nSPS) is 13.7. The van der Waals surface area contributed by atoms with E-state index < -0.39 is 26.5 Å². The maximum atomic E-state index is 12.8. The molecule has 0 spiro atoms. The van der Waals surface area contributed by atoms with Gasteiger partial charge in [-0.2, -0.15) is 0 Å². The molecule has 0 aliphatic carbocycles. The van der Waals surface area contributed by atoms with Gasteiger partial charge in [-0.25, -0.2) is 0 Å². The average molecular weight is 1140 g/mol. The zero-order valence-electron chi connectivity index (χ0n) is 52.8. The van der Waals surface area contributed by atoms with E-state index in [0.717, 1.165) is 96.3 Å². The van der Waals surface area contributed by atoms with Crippen LogP contribution in [0.1, 0.15) is 296 Å². The molecule has 0 radical (unpaired) electrons. The largest absolute Gasteiger partial charge is 0.756 e. The molecule has 0 bridgehead atoms. The Morgan fingerprint density at radius 2 is 0.713 bits per heavy atom. The Morgan fingerprint density at radius 1 is 0.400 bits per heavy atom. The summed E-state index contributed by atoms with van der Waals surface area (Å²) in [7, 11) is 1.16. The fraction of sp³-hybridized carbons (Fsp3) is 0.771. The number of rotatable bonds is 61. The quantitative estimate of drug-likeness (QED) is 0.0195. The van der Waals surface area contributed by atoms with E-state index in [1.807, 2.05) is 21.1 Å². The molecular weight excluding hydrogens is 1010 g/mol. The van der Waals surface area contributed by atoms with Crippen molar-refractivity contribution < 1.29 is 42.1 Å². The van der Waals surface area contributed by atoms with Crippen molar-refractivity contribution in [1.82, 2.24) is 0 Å². The number of hydrogen-bond donors (Lipinski definition) is 0. The molecule has 0 heterocycles. The van der Waals surface area contributed by atoms with Crippen LogP contribution < -0.4 is 4.89 Å². The number of nitrogens with zero attached hydrogens (tertiary/aromatic N) is 1. The van der Waals surface area contributed by atoms with E-state index in [-0.39, 0.29) is 32.0 Å². The number of unbranched alkanes of at least 4 members (excludes halogenated alkanes) is 33. The molecule has 0 amide bonds. The van der Waals surface area contributed by atoms with Gasteiger partial charge in [0.05, 0.1) is 27.7 Å². The van der Waals surface area contributed by atoms with Crippen LogP contribution in [0.3, 0.4) is 0 Å². The molecule has 0 N–H and O–H groups in total. The number of carbonyl (C=O) groups is 2. The van der Waals surface area contributed by atoms with Crippen LogP contribution in [0.15, 0.2) is 85.1 Å². The first-order chi connectivity index (χ1) is 39.0. The first kappa shape index (κ1) is 77.2.